The number of carbonyl (C=O) groups is 1. The van der Waals surface area contributed by atoms with Crippen LogP contribution in [-0.4, -0.2) is 32.1 Å². The van der Waals surface area contributed by atoms with Gasteiger partial charge in [-0.25, -0.2) is 9.67 Å². The smallest absolute Gasteiger partial charge is 0.257 e. The van der Waals surface area contributed by atoms with E-state index in [0.29, 0.717) is 5.56 Å². The molecule has 5 nitrogen and oxygen atoms in total. The van der Waals surface area contributed by atoms with E-state index >= 15 is 0 Å². The summed E-state index contributed by atoms with van der Waals surface area (Å²) in [6.45, 7) is 0.760. The summed E-state index contributed by atoms with van der Waals surface area (Å²) < 4.78 is 2.92. The first-order valence-electron chi connectivity index (χ1n) is 9.06. The molecule has 0 radical (unpaired) electrons. The van der Waals surface area contributed by atoms with Gasteiger partial charge in [-0.1, -0.05) is 30.3 Å². The molecule has 3 heterocycles. The summed E-state index contributed by atoms with van der Waals surface area (Å²) in [6, 6.07) is 18.0. The molecule has 1 fully saturated rings. The number of amides is 1. The van der Waals surface area contributed by atoms with Gasteiger partial charge in [-0.05, 0) is 37.1 Å². The molecule has 2 aromatic carbocycles. The first-order valence-corrected chi connectivity index (χ1v) is 9.88. The van der Waals surface area contributed by atoms with Gasteiger partial charge < -0.3 is 4.90 Å². The van der Waals surface area contributed by atoms with Crippen LogP contribution in [0.1, 0.15) is 34.2 Å². The maximum atomic E-state index is 13.1. The maximum Gasteiger partial charge on any atom is 0.257 e. The minimum atomic E-state index is 0.0268. The van der Waals surface area contributed by atoms with E-state index in [-0.39, 0.29) is 11.9 Å². The molecule has 0 aliphatic carbocycles. The molecule has 0 bridgehead atoms. The lowest BCUT2D eigenvalue weighted by Gasteiger charge is -2.22. The van der Waals surface area contributed by atoms with Crippen LogP contribution in [0.4, 0.5) is 0 Å². The van der Waals surface area contributed by atoms with Crippen LogP contribution in [-0.2, 0) is 0 Å². The molecule has 1 aliphatic rings. The average molecular weight is 374 g/mol. The van der Waals surface area contributed by atoms with Crippen molar-refractivity contribution in [1.29, 1.82) is 0 Å². The van der Waals surface area contributed by atoms with Crippen molar-refractivity contribution in [1.82, 2.24) is 19.7 Å². The molecule has 0 spiro atoms. The number of fused-ring (bicyclic) bond motifs is 1. The largest absolute Gasteiger partial charge is 0.329 e. The van der Waals surface area contributed by atoms with Crippen LogP contribution in [0, 0.1) is 0 Å². The fraction of sp³-hybridized carbons (Fsp3) is 0.190. The molecule has 2 aromatic heterocycles. The Morgan fingerprint density at radius 3 is 2.74 bits per heavy atom. The maximum absolute atomic E-state index is 13.1. The average Bonchev–Trinajstić information content (AvgIpc) is 3.46. The third-order valence-electron chi connectivity index (χ3n) is 4.96. The van der Waals surface area contributed by atoms with Gasteiger partial charge in [0.2, 0.25) is 0 Å². The number of para-hydroxylation sites is 2. The molecule has 1 atom stereocenters. The summed E-state index contributed by atoms with van der Waals surface area (Å²) in [6.07, 6.45) is 5.42. The monoisotopic (exact) mass is 374 g/mol. The highest BCUT2D eigenvalue weighted by molar-refractivity contribution is 7.18. The highest BCUT2D eigenvalue weighted by Crippen LogP contribution is 2.37. The molecule has 6 heteroatoms. The third-order valence-corrected chi connectivity index (χ3v) is 6.10. The normalized spacial score (nSPS) is 16.9. The van der Waals surface area contributed by atoms with Crippen molar-refractivity contribution in [2.75, 3.05) is 6.54 Å². The zero-order valence-corrected chi connectivity index (χ0v) is 15.5. The molecule has 5 rings (SSSR count). The number of nitrogens with zero attached hydrogens (tertiary/aromatic N) is 4. The number of rotatable bonds is 3. The zero-order chi connectivity index (χ0) is 18.2. The van der Waals surface area contributed by atoms with Crippen molar-refractivity contribution in [3.63, 3.8) is 0 Å². The van der Waals surface area contributed by atoms with Gasteiger partial charge in [0.25, 0.3) is 5.91 Å². The topological polar surface area (TPSA) is 51.0 Å². The van der Waals surface area contributed by atoms with E-state index in [4.69, 9.17) is 4.98 Å². The molecule has 1 unspecified atom stereocenters. The third kappa shape index (κ3) is 2.92. The van der Waals surface area contributed by atoms with Crippen LogP contribution in [0.25, 0.3) is 15.9 Å². The molecule has 1 amide bonds. The second kappa shape index (κ2) is 6.63. The molecule has 1 saturated heterocycles. The Balaban J connectivity index is 1.43. The van der Waals surface area contributed by atoms with Gasteiger partial charge >= 0.3 is 0 Å². The Morgan fingerprint density at radius 2 is 1.89 bits per heavy atom. The van der Waals surface area contributed by atoms with Crippen molar-refractivity contribution >= 4 is 27.5 Å². The summed E-state index contributed by atoms with van der Waals surface area (Å²) in [4.78, 5) is 19.9. The van der Waals surface area contributed by atoms with Crippen LogP contribution < -0.4 is 0 Å². The SMILES string of the molecule is O=C(c1cnn(-c2ccccc2)c1)N1CCCC1c1nc2ccccc2s1. The zero-order valence-electron chi connectivity index (χ0n) is 14.7. The first-order chi connectivity index (χ1) is 13.3. The lowest BCUT2D eigenvalue weighted by molar-refractivity contribution is 0.0735. The molecule has 1 aliphatic heterocycles. The number of hydrogen-bond donors (Lipinski definition) is 0. The molecule has 4 aromatic rings. The molecule has 0 N–H and O–H groups in total. The predicted octanol–water partition coefficient (Wildman–Crippen LogP) is 4.46. The fourth-order valence-electron chi connectivity index (χ4n) is 3.62. The Morgan fingerprint density at radius 1 is 1.07 bits per heavy atom. The standard InChI is InChI=1S/C21H18N4OS/c26-21(15-13-22-25(14-15)16-7-2-1-3-8-16)24-12-6-10-18(24)20-23-17-9-4-5-11-19(17)27-20/h1-5,7-9,11,13-14,18H,6,10,12H2. The fourth-order valence-corrected chi connectivity index (χ4v) is 4.74. The van der Waals surface area contributed by atoms with Gasteiger partial charge in [0.15, 0.2) is 0 Å². The van der Waals surface area contributed by atoms with E-state index in [1.54, 1.807) is 22.2 Å². The number of likely N-dealkylation sites (tertiary alicyclic amines) is 1. The van der Waals surface area contributed by atoms with Gasteiger partial charge in [0, 0.05) is 12.7 Å². The molecular formula is C21H18N4OS. The Labute approximate surface area is 160 Å². The molecule has 0 saturated carbocycles. The minimum absolute atomic E-state index is 0.0268. The summed E-state index contributed by atoms with van der Waals surface area (Å²) in [5.74, 6) is 0.0268. The van der Waals surface area contributed by atoms with Gasteiger partial charge in [-0.2, -0.15) is 5.10 Å². The summed E-state index contributed by atoms with van der Waals surface area (Å²) >= 11 is 1.69. The Hall–Kier alpha value is -2.99. The molecule has 134 valence electrons. The van der Waals surface area contributed by atoms with Crippen LogP contribution in [0.2, 0.25) is 0 Å². The van der Waals surface area contributed by atoms with Gasteiger partial charge in [-0.15, -0.1) is 11.3 Å². The summed E-state index contributed by atoms with van der Waals surface area (Å²) in [5, 5.41) is 5.39. The number of carbonyl (C=O) groups excluding carboxylic acids is 1. The second-order valence-corrected chi connectivity index (χ2v) is 7.75. The minimum Gasteiger partial charge on any atom is -0.329 e. The number of hydrogen-bond acceptors (Lipinski definition) is 4. The van der Waals surface area contributed by atoms with Crippen molar-refractivity contribution in [3.05, 3.63) is 77.6 Å². The van der Waals surface area contributed by atoms with E-state index in [2.05, 4.69) is 11.2 Å². The highest BCUT2D eigenvalue weighted by atomic mass is 32.1. The van der Waals surface area contributed by atoms with Crippen LogP contribution in [0.5, 0.6) is 0 Å². The van der Waals surface area contributed by atoms with Crippen LogP contribution in [0.3, 0.4) is 0 Å². The van der Waals surface area contributed by atoms with Gasteiger partial charge in [0.1, 0.15) is 5.01 Å². The quantitative estimate of drug-likeness (QED) is 0.532. The summed E-state index contributed by atoms with van der Waals surface area (Å²) in [5.41, 5.74) is 2.57. The van der Waals surface area contributed by atoms with Crippen LogP contribution >= 0.6 is 11.3 Å². The predicted molar refractivity (Wildman–Crippen MR) is 106 cm³/mol. The number of thiazole rings is 1. The van der Waals surface area contributed by atoms with Crippen molar-refractivity contribution in [2.45, 2.75) is 18.9 Å². The first kappa shape index (κ1) is 16.2. The van der Waals surface area contributed by atoms with Crippen molar-refractivity contribution in [3.8, 4) is 5.69 Å². The van der Waals surface area contributed by atoms with Crippen molar-refractivity contribution in [2.24, 2.45) is 0 Å². The van der Waals surface area contributed by atoms with Gasteiger partial charge in [0.05, 0.1) is 33.7 Å². The Kier molecular flexibility index (Phi) is 3.98. The molecular weight excluding hydrogens is 356 g/mol. The van der Waals surface area contributed by atoms with Crippen LogP contribution in [0.15, 0.2) is 67.0 Å². The lowest BCUT2D eigenvalue weighted by Crippen LogP contribution is -2.30. The summed E-state index contributed by atoms with van der Waals surface area (Å²) in [7, 11) is 0. The lowest BCUT2D eigenvalue weighted by atomic mass is 10.2. The second-order valence-electron chi connectivity index (χ2n) is 6.69. The number of benzene rings is 2. The van der Waals surface area contributed by atoms with Crippen molar-refractivity contribution < 1.29 is 4.79 Å². The Bertz CT molecular complexity index is 1070. The van der Waals surface area contributed by atoms with Gasteiger partial charge in [-0.3, -0.25) is 4.79 Å². The van der Waals surface area contributed by atoms with E-state index in [1.807, 2.05) is 59.6 Å². The van der Waals surface area contributed by atoms with E-state index in [9.17, 15) is 4.79 Å². The van der Waals surface area contributed by atoms with E-state index in [1.165, 1.54) is 4.70 Å². The molecule has 27 heavy (non-hydrogen) atoms. The highest BCUT2D eigenvalue weighted by Gasteiger charge is 2.33. The van der Waals surface area contributed by atoms with E-state index < -0.39 is 0 Å². The van der Waals surface area contributed by atoms with E-state index in [0.717, 1.165) is 35.6 Å². The number of aromatic nitrogens is 3.